The zero-order chi connectivity index (χ0) is 9.68. The van der Waals surface area contributed by atoms with Crippen molar-refractivity contribution in [2.45, 2.75) is 26.9 Å². The van der Waals surface area contributed by atoms with E-state index >= 15 is 0 Å². The summed E-state index contributed by atoms with van der Waals surface area (Å²) in [6.07, 6.45) is 0. The summed E-state index contributed by atoms with van der Waals surface area (Å²) in [5.41, 5.74) is 2.22. The van der Waals surface area contributed by atoms with Gasteiger partial charge in [-0.2, -0.15) is 5.10 Å². The van der Waals surface area contributed by atoms with E-state index in [0.717, 1.165) is 18.8 Å². The van der Waals surface area contributed by atoms with E-state index in [1.807, 2.05) is 11.6 Å². The smallest absolute Gasteiger partial charge is 0.0597 e. The van der Waals surface area contributed by atoms with Crippen molar-refractivity contribution in [2.24, 2.45) is 0 Å². The van der Waals surface area contributed by atoms with Crippen LogP contribution in [0.5, 0.6) is 0 Å². The molecule has 0 radical (unpaired) electrons. The predicted molar refractivity (Wildman–Crippen MR) is 51.4 cm³/mol. The molecule has 4 heteroatoms. The number of hydrogen-bond acceptors (Lipinski definition) is 3. The molecule has 4 nitrogen and oxygen atoms in total. The van der Waals surface area contributed by atoms with Gasteiger partial charge in [-0.3, -0.25) is 4.68 Å². The lowest BCUT2D eigenvalue weighted by Crippen LogP contribution is -2.19. The molecule has 1 heterocycles. The first kappa shape index (κ1) is 10.2. The molecule has 0 saturated carbocycles. The monoisotopic (exact) mass is 183 g/mol. The van der Waals surface area contributed by atoms with Crippen LogP contribution in [0.3, 0.4) is 0 Å². The molecule has 1 aromatic rings. The zero-order valence-corrected chi connectivity index (χ0v) is 8.25. The summed E-state index contributed by atoms with van der Waals surface area (Å²) in [7, 11) is 0. The van der Waals surface area contributed by atoms with Crippen molar-refractivity contribution in [1.29, 1.82) is 0 Å². The van der Waals surface area contributed by atoms with Gasteiger partial charge < -0.3 is 10.4 Å². The number of aryl methyl sites for hydroxylation is 2. The zero-order valence-electron chi connectivity index (χ0n) is 8.25. The Morgan fingerprint density at radius 2 is 2.38 bits per heavy atom. The quantitative estimate of drug-likeness (QED) is 0.645. The molecule has 74 valence electrons. The van der Waals surface area contributed by atoms with Gasteiger partial charge in [0.2, 0.25) is 0 Å². The maximum absolute atomic E-state index is 8.59. The van der Waals surface area contributed by atoms with Crippen LogP contribution in [0.4, 0.5) is 0 Å². The number of nitrogens with one attached hydrogen (secondary N) is 1. The summed E-state index contributed by atoms with van der Waals surface area (Å²) in [6.45, 7) is 6.54. The molecular weight excluding hydrogens is 166 g/mol. The summed E-state index contributed by atoms with van der Waals surface area (Å²) >= 11 is 0. The van der Waals surface area contributed by atoms with Gasteiger partial charge in [0.15, 0.2) is 0 Å². The molecule has 0 aliphatic carbocycles. The van der Waals surface area contributed by atoms with Crippen LogP contribution in [-0.2, 0) is 13.1 Å². The highest BCUT2D eigenvalue weighted by Gasteiger charge is 2.02. The number of nitrogens with zero attached hydrogens (tertiary/aromatic N) is 2. The van der Waals surface area contributed by atoms with Crippen molar-refractivity contribution in [3.05, 3.63) is 17.5 Å². The molecule has 0 fully saturated rings. The fourth-order valence-corrected chi connectivity index (χ4v) is 1.31. The van der Waals surface area contributed by atoms with Crippen molar-refractivity contribution < 1.29 is 5.11 Å². The third-order valence-electron chi connectivity index (χ3n) is 1.88. The van der Waals surface area contributed by atoms with E-state index < -0.39 is 0 Å². The highest BCUT2D eigenvalue weighted by Crippen LogP contribution is 2.02. The van der Waals surface area contributed by atoms with Crippen LogP contribution in [0.25, 0.3) is 0 Å². The second-order valence-electron chi connectivity index (χ2n) is 2.99. The second-order valence-corrected chi connectivity index (χ2v) is 2.99. The van der Waals surface area contributed by atoms with E-state index in [-0.39, 0.29) is 6.61 Å². The largest absolute Gasteiger partial charge is 0.395 e. The van der Waals surface area contributed by atoms with Crippen molar-refractivity contribution in [2.75, 3.05) is 13.2 Å². The number of hydrogen-bond donors (Lipinski definition) is 2. The molecule has 13 heavy (non-hydrogen) atoms. The van der Waals surface area contributed by atoms with Gasteiger partial charge in [0.05, 0.1) is 18.0 Å². The van der Waals surface area contributed by atoms with Gasteiger partial charge in [0.1, 0.15) is 0 Å². The van der Waals surface area contributed by atoms with Crippen molar-refractivity contribution in [3.63, 3.8) is 0 Å². The number of aliphatic hydroxyl groups is 1. The summed E-state index contributed by atoms with van der Waals surface area (Å²) in [4.78, 5) is 0. The highest BCUT2D eigenvalue weighted by molar-refractivity contribution is 5.08. The SMILES string of the molecule is CCn1nc(C)cc1CNCCO. The van der Waals surface area contributed by atoms with Crippen LogP contribution in [0.15, 0.2) is 6.07 Å². The molecule has 1 rings (SSSR count). The third kappa shape index (κ3) is 2.82. The molecule has 0 aromatic carbocycles. The normalized spacial score (nSPS) is 10.7. The van der Waals surface area contributed by atoms with Gasteiger partial charge in [-0.25, -0.2) is 0 Å². The first-order valence-corrected chi connectivity index (χ1v) is 4.62. The number of aliphatic hydroxyl groups excluding tert-OH is 1. The standard InChI is InChI=1S/C9H17N3O/c1-3-12-9(6-8(2)11-12)7-10-4-5-13/h6,10,13H,3-5,7H2,1-2H3. The van der Waals surface area contributed by atoms with E-state index in [1.54, 1.807) is 0 Å². The van der Waals surface area contributed by atoms with Crippen molar-refractivity contribution >= 4 is 0 Å². The van der Waals surface area contributed by atoms with Gasteiger partial charge in [0, 0.05) is 19.6 Å². The first-order chi connectivity index (χ1) is 6.27. The second kappa shape index (κ2) is 4.99. The summed E-state index contributed by atoms with van der Waals surface area (Å²) in [6, 6.07) is 2.06. The fourth-order valence-electron chi connectivity index (χ4n) is 1.31. The molecule has 1 aromatic heterocycles. The van der Waals surface area contributed by atoms with Gasteiger partial charge in [-0.05, 0) is 19.9 Å². The Balaban J connectivity index is 2.53. The Bertz CT molecular complexity index is 257. The van der Waals surface area contributed by atoms with Gasteiger partial charge >= 0.3 is 0 Å². The lowest BCUT2D eigenvalue weighted by molar-refractivity contribution is 0.291. The number of rotatable bonds is 5. The topological polar surface area (TPSA) is 50.1 Å². The van der Waals surface area contributed by atoms with E-state index in [4.69, 9.17) is 5.11 Å². The van der Waals surface area contributed by atoms with Crippen LogP contribution in [-0.4, -0.2) is 28.0 Å². The Kier molecular flexibility index (Phi) is 3.92. The molecule has 0 aliphatic heterocycles. The average Bonchev–Trinajstić information content (AvgIpc) is 2.47. The Morgan fingerprint density at radius 3 is 3.00 bits per heavy atom. The van der Waals surface area contributed by atoms with E-state index in [9.17, 15) is 0 Å². The molecule has 0 bridgehead atoms. The lowest BCUT2D eigenvalue weighted by atomic mass is 10.3. The van der Waals surface area contributed by atoms with Gasteiger partial charge in [-0.15, -0.1) is 0 Å². The van der Waals surface area contributed by atoms with Crippen LogP contribution >= 0.6 is 0 Å². The summed E-state index contributed by atoms with van der Waals surface area (Å²) < 4.78 is 1.97. The molecule has 0 aliphatic rings. The van der Waals surface area contributed by atoms with Crippen LogP contribution in [0, 0.1) is 6.92 Å². The highest BCUT2D eigenvalue weighted by atomic mass is 16.3. The predicted octanol–water partition coefficient (Wildman–Crippen LogP) is 0.293. The maximum Gasteiger partial charge on any atom is 0.0597 e. The third-order valence-corrected chi connectivity index (χ3v) is 1.88. The summed E-state index contributed by atoms with van der Waals surface area (Å²) in [5, 5.41) is 16.0. The van der Waals surface area contributed by atoms with Crippen molar-refractivity contribution in [3.8, 4) is 0 Å². The van der Waals surface area contributed by atoms with Crippen molar-refractivity contribution in [1.82, 2.24) is 15.1 Å². The van der Waals surface area contributed by atoms with Gasteiger partial charge in [0.25, 0.3) is 0 Å². The van der Waals surface area contributed by atoms with Crippen LogP contribution in [0.2, 0.25) is 0 Å². The number of aromatic nitrogens is 2. The molecule has 2 N–H and O–H groups in total. The van der Waals surface area contributed by atoms with E-state index in [2.05, 4.69) is 23.4 Å². The first-order valence-electron chi connectivity index (χ1n) is 4.62. The molecular formula is C9H17N3O. The maximum atomic E-state index is 8.59. The Morgan fingerprint density at radius 1 is 1.62 bits per heavy atom. The van der Waals surface area contributed by atoms with E-state index in [1.165, 1.54) is 5.69 Å². The van der Waals surface area contributed by atoms with E-state index in [0.29, 0.717) is 6.54 Å². The average molecular weight is 183 g/mol. The Hall–Kier alpha value is -0.870. The molecule has 0 amide bonds. The molecule has 0 atom stereocenters. The van der Waals surface area contributed by atoms with Crippen LogP contribution < -0.4 is 5.32 Å². The summed E-state index contributed by atoms with van der Waals surface area (Å²) in [5.74, 6) is 0. The van der Waals surface area contributed by atoms with Crippen LogP contribution in [0.1, 0.15) is 18.3 Å². The fraction of sp³-hybridized carbons (Fsp3) is 0.667. The molecule has 0 spiro atoms. The minimum absolute atomic E-state index is 0.180. The minimum Gasteiger partial charge on any atom is -0.395 e. The molecule has 0 unspecified atom stereocenters. The molecule has 0 saturated heterocycles. The van der Waals surface area contributed by atoms with Gasteiger partial charge in [-0.1, -0.05) is 0 Å². The lowest BCUT2D eigenvalue weighted by Gasteiger charge is -2.04. The Labute approximate surface area is 78.6 Å². The minimum atomic E-state index is 0.180.